The third kappa shape index (κ3) is 6.23. The van der Waals surface area contributed by atoms with Crippen LogP contribution in [0.3, 0.4) is 0 Å². The average molecular weight is 260 g/mol. The van der Waals surface area contributed by atoms with Gasteiger partial charge in [0.05, 0.1) is 0 Å². The van der Waals surface area contributed by atoms with Gasteiger partial charge in [-0.1, -0.05) is 49.3 Å². The first-order chi connectivity index (χ1) is 9.13. The number of aryl methyl sites for hydroxylation is 2. The summed E-state index contributed by atoms with van der Waals surface area (Å²) in [6.07, 6.45) is 9.57. The lowest BCUT2D eigenvalue weighted by Crippen LogP contribution is -1.95. The van der Waals surface area contributed by atoms with E-state index in [-0.39, 0.29) is 6.42 Å². The predicted molar refractivity (Wildman–Crippen MR) is 80.3 cm³/mol. The van der Waals surface area contributed by atoms with Gasteiger partial charge in [-0.15, -0.1) is 0 Å². The van der Waals surface area contributed by atoms with Gasteiger partial charge < -0.3 is 5.11 Å². The molecular formula is C17H24O2. The highest BCUT2D eigenvalue weighted by atomic mass is 16.4. The molecule has 0 amide bonds. The zero-order valence-electron chi connectivity index (χ0n) is 12.0. The summed E-state index contributed by atoms with van der Waals surface area (Å²) in [6, 6.07) is 6.57. The van der Waals surface area contributed by atoms with Crippen molar-refractivity contribution >= 4 is 12.0 Å². The molecule has 104 valence electrons. The minimum Gasteiger partial charge on any atom is -0.481 e. The maximum Gasteiger partial charge on any atom is 0.303 e. The van der Waals surface area contributed by atoms with E-state index in [2.05, 4.69) is 44.2 Å². The Morgan fingerprint density at radius 3 is 2.74 bits per heavy atom. The Morgan fingerprint density at radius 2 is 2.05 bits per heavy atom. The van der Waals surface area contributed by atoms with Crippen molar-refractivity contribution in [2.75, 3.05) is 0 Å². The molecule has 1 aromatic rings. The Hall–Kier alpha value is -1.57. The number of unbranched alkanes of at least 4 members (excludes halogenated alkanes) is 2. The molecule has 0 atom stereocenters. The van der Waals surface area contributed by atoms with Gasteiger partial charge in [0.1, 0.15) is 0 Å². The molecule has 0 saturated carbocycles. The van der Waals surface area contributed by atoms with Gasteiger partial charge in [0, 0.05) is 6.42 Å². The number of rotatable bonds is 8. The normalized spacial score (nSPS) is 11.1. The number of carboxylic acids is 1. The second kappa shape index (κ2) is 8.52. The molecule has 0 fully saturated rings. The lowest BCUT2D eigenvalue weighted by Gasteiger charge is -2.07. The van der Waals surface area contributed by atoms with Crippen molar-refractivity contribution in [1.82, 2.24) is 0 Å². The van der Waals surface area contributed by atoms with E-state index < -0.39 is 5.97 Å². The van der Waals surface area contributed by atoms with Crippen LogP contribution in [0.2, 0.25) is 0 Å². The molecular weight excluding hydrogens is 236 g/mol. The SMILES string of the molecule is CCC=Cc1cc(C)ccc1CCCCCC(=O)O. The summed E-state index contributed by atoms with van der Waals surface area (Å²) in [5.41, 5.74) is 3.95. The van der Waals surface area contributed by atoms with Crippen molar-refractivity contribution < 1.29 is 9.90 Å². The van der Waals surface area contributed by atoms with Gasteiger partial charge in [-0.3, -0.25) is 4.79 Å². The van der Waals surface area contributed by atoms with Crippen LogP contribution in [-0.4, -0.2) is 11.1 Å². The topological polar surface area (TPSA) is 37.3 Å². The van der Waals surface area contributed by atoms with Crippen LogP contribution < -0.4 is 0 Å². The molecule has 2 nitrogen and oxygen atoms in total. The molecule has 1 rings (SSSR count). The van der Waals surface area contributed by atoms with Crippen LogP contribution in [0.1, 0.15) is 55.7 Å². The van der Waals surface area contributed by atoms with E-state index in [1.165, 1.54) is 16.7 Å². The molecule has 0 aliphatic carbocycles. The summed E-state index contributed by atoms with van der Waals surface area (Å²) in [4.78, 5) is 10.4. The largest absolute Gasteiger partial charge is 0.481 e. The van der Waals surface area contributed by atoms with Crippen LogP contribution in [0.5, 0.6) is 0 Å². The first kappa shape index (κ1) is 15.5. The molecule has 0 aromatic heterocycles. The van der Waals surface area contributed by atoms with Gasteiger partial charge in [0.15, 0.2) is 0 Å². The smallest absolute Gasteiger partial charge is 0.303 e. The lowest BCUT2D eigenvalue weighted by atomic mass is 9.98. The molecule has 0 aliphatic rings. The first-order valence-electron chi connectivity index (χ1n) is 7.11. The minimum atomic E-state index is -0.693. The number of carboxylic acid groups (broad SMARTS) is 1. The van der Waals surface area contributed by atoms with E-state index in [1.807, 2.05) is 0 Å². The highest BCUT2D eigenvalue weighted by molar-refractivity contribution is 5.66. The van der Waals surface area contributed by atoms with E-state index in [0.29, 0.717) is 0 Å². The Bertz CT molecular complexity index is 433. The number of allylic oxidation sites excluding steroid dienone is 1. The van der Waals surface area contributed by atoms with Gasteiger partial charge in [-0.2, -0.15) is 0 Å². The maximum absolute atomic E-state index is 10.4. The van der Waals surface area contributed by atoms with E-state index in [0.717, 1.165) is 32.1 Å². The van der Waals surface area contributed by atoms with Gasteiger partial charge in [-0.05, 0) is 43.7 Å². The average Bonchev–Trinajstić information content (AvgIpc) is 2.37. The van der Waals surface area contributed by atoms with Crippen LogP contribution in [0.4, 0.5) is 0 Å². The molecule has 19 heavy (non-hydrogen) atoms. The monoisotopic (exact) mass is 260 g/mol. The fourth-order valence-corrected chi connectivity index (χ4v) is 2.11. The summed E-state index contributed by atoms with van der Waals surface area (Å²) in [5, 5.41) is 8.59. The molecule has 0 spiro atoms. The zero-order chi connectivity index (χ0) is 14.1. The molecule has 2 heteroatoms. The maximum atomic E-state index is 10.4. The molecule has 1 aromatic carbocycles. The standard InChI is InChI=1S/C17H24O2/c1-3-4-8-16-13-14(2)11-12-15(16)9-6-5-7-10-17(18)19/h4,8,11-13H,3,5-7,9-10H2,1-2H3,(H,18,19). The van der Waals surface area contributed by atoms with Crippen molar-refractivity contribution in [2.24, 2.45) is 0 Å². The van der Waals surface area contributed by atoms with Crippen LogP contribution >= 0.6 is 0 Å². The zero-order valence-corrected chi connectivity index (χ0v) is 12.0. The number of hydrogen-bond donors (Lipinski definition) is 1. The van der Waals surface area contributed by atoms with Crippen molar-refractivity contribution in [3.63, 3.8) is 0 Å². The quantitative estimate of drug-likeness (QED) is 0.693. The molecule has 0 aliphatic heterocycles. The third-order valence-corrected chi connectivity index (χ3v) is 3.17. The number of benzene rings is 1. The van der Waals surface area contributed by atoms with E-state index >= 15 is 0 Å². The summed E-state index contributed by atoms with van der Waals surface area (Å²) in [7, 11) is 0. The summed E-state index contributed by atoms with van der Waals surface area (Å²) in [5.74, 6) is -0.693. The highest BCUT2D eigenvalue weighted by Crippen LogP contribution is 2.17. The van der Waals surface area contributed by atoms with Crippen LogP contribution in [0.25, 0.3) is 6.08 Å². The minimum absolute atomic E-state index is 0.288. The molecule has 0 saturated heterocycles. The predicted octanol–water partition coefficient (Wildman–Crippen LogP) is 4.61. The first-order valence-corrected chi connectivity index (χ1v) is 7.11. The summed E-state index contributed by atoms with van der Waals surface area (Å²) < 4.78 is 0. The van der Waals surface area contributed by atoms with E-state index in [4.69, 9.17) is 5.11 Å². The second-order valence-corrected chi connectivity index (χ2v) is 4.97. The molecule has 0 unspecified atom stereocenters. The summed E-state index contributed by atoms with van der Waals surface area (Å²) in [6.45, 7) is 4.25. The van der Waals surface area contributed by atoms with E-state index in [9.17, 15) is 4.79 Å². The number of carbonyl (C=O) groups is 1. The lowest BCUT2D eigenvalue weighted by molar-refractivity contribution is -0.137. The summed E-state index contributed by atoms with van der Waals surface area (Å²) >= 11 is 0. The second-order valence-electron chi connectivity index (χ2n) is 4.97. The van der Waals surface area contributed by atoms with Gasteiger partial charge in [-0.25, -0.2) is 0 Å². The Labute approximate surface area is 116 Å². The van der Waals surface area contributed by atoms with Gasteiger partial charge in [0.2, 0.25) is 0 Å². The fourth-order valence-electron chi connectivity index (χ4n) is 2.11. The number of aliphatic carboxylic acids is 1. The molecule has 1 N–H and O–H groups in total. The van der Waals surface area contributed by atoms with E-state index in [1.54, 1.807) is 0 Å². The molecule has 0 radical (unpaired) electrons. The van der Waals surface area contributed by atoms with Crippen LogP contribution in [-0.2, 0) is 11.2 Å². The molecule has 0 heterocycles. The van der Waals surface area contributed by atoms with Crippen molar-refractivity contribution in [1.29, 1.82) is 0 Å². The highest BCUT2D eigenvalue weighted by Gasteiger charge is 2.01. The Morgan fingerprint density at radius 1 is 1.26 bits per heavy atom. The van der Waals surface area contributed by atoms with Crippen LogP contribution in [0.15, 0.2) is 24.3 Å². The van der Waals surface area contributed by atoms with Gasteiger partial charge >= 0.3 is 5.97 Å². The van der Waals surface area contributed by atoms with Gasteiger partial charge in [0.25, 0.3) is 0 Å². The van der Waals surface area contributed by atoms with Crippen molar-refractivity contribution in [2.45, 2.75) is 52.4 Å². The molecule has 0 bridgehead atoms. The van der Waals surface area contributed by atoms with Crippen molar-refractivity contribution in [3.05, 3.63) is 41.0 Å². The van der Waals surface area contributed by atoms with Crippen molar-refractivity contribution in [3.8, 4) is 0 Å². The third-order valence-electron chi connectivity index (χ3n) is 3.17. The fraction of sp³-hybridized carbons (Fsp3) is 0.471. The Balaban J connectivity index is 2.52. The van der Waals surface area contributed by atoms with Crippen LogP contribution in [0, 0.1) is 6.92 Å². The Kier molecular flexibility index (Phi) is 6.94. The number of hydrogen-bond acceptors (Lipinski definition) is 1.